The average molecular weight is 159 g/mol. The molecule has 4 heteroatoms. The Labute approximate surface area is 63.3 Å². The minimum atomic E-state index is -0.443. The first-order chi connectivity index (χ1) is 4.74. The van der Waals surface area contributed by atoms with Crippen LogP contribution in [-0.4, -0.2) is 17.2 Å². The average Bonchev–Trinajstić information content (AvgIpc) is 2.34. The molecular formula is C6H9NO2S. The summed E-state index contributed by atoms with van der Waals surface area (Å²) in [6, 6.07) is 0. The van der Waals surface area contributed by atoms with Crippen LogP contribution in [-0.2, 0) is 0 Å². The molecular weight excluding hydrogens is 150 g/mol. The van der Waals surface area contributed by atoms with Gasteiger partial charge in [0.1, 0.15) is 0 Å². The number of aliphatic hydroxyl groups is 1. The van der Waals surface area contributed by atoms with Crippen molar-refractivity contribution in [2.45, 2.75) is 13.0 Å². The predicted molar refractivity (Wildman–Crippen MR) is 39.3 cm³/mol. The first kappa shape index (κ1) is 7.50. The summed E-state index contributed by atoms with van der Waals surface area (Å²) in [5.41, 5.74) is 0. The maximum atomic E-state index is 9.05. The molecule has 0 bridgehead atoms. The predicted octanol–water partition coefficient (Wildman–Crippen LogP) is 1.20. The maximum Gasteiger partial charge on any atom is 0.273 e. The van der Waals surface area contributed by atoms with Crippen LogP contribution < -0.4 is 4.74 Å². The molecule has 1 rings (SSSR count). The molecule has 0 amide bonds. The lowest BCUT2D eigenvalue weighted by molar-refractivity contribution is 0.203. The van der Waals surface area contributed by atoms with E-state index in [0.29, 0.717) is 5.19 Å². The third kappa shape index (κ3) is 1.46. The van der Waals surface area contributed by atoms with E-state index in [0.717, 1.165) is 4.88 Å². The van der Waals surface area contributed by atoms with E-state index >= 15 is 0 Å². The number of rotatable bonds is 2. The Morgan fingerprint density at radius 1 is 1.80 bits per heavy atom. The smallest absolute Gasteiger partial charge is 0.273 e. The topological polar surface area (TPSA) is 42.4 Å². The van der Waals surface area contributed by atoms with E-state index in [1.807, 2.05) is 0 Å². The fourth-order valence-electron chi connectivity index (χ4n) is 0.557. The first-order valence-electron chi connectivity index (χ1n) is 2.92. The SMILES string of the molecule is COc1ncc([C@H](C)O)s1. The van der Waals surface area contributed by atoms with Crippen LogP contribution in [0.25, 0.3) is 0 Å². The van der Waals surface area contributed by atoms with Gasteiger partial charge in [0.25, 0.3) is 5.19 Å². The summed E-state index contributed by atoms with van der Waals surface area (Å²) in [5.74, 6) is 0. The third-order valence-electron chi connectivity index (χ3n) is 1.09. The van der Waals surface area contributed by atoms with Crippen LogP contribution in [0.15, 0.2) is 6.20 Å². The van der Waals surface area contributed by atoms with Crippen molar-refractivity contribution in [3.8, 4) is 5.19 Å². The largest absolute Gasteiger partial charge is 0.473 e. The van der Waals surface area contributed by atoms with Crippen LogP contribution >= 0.6 is 11.3 Å². The van der Waals surface area contributed by atoms with E-state index in [1.54, 1.807) is 20.2 Å². The van der Waals surface area contributed by atoms with Gasteiger partial charge in [-0.15, -0.1) is 0 Å². The molecule has 56 valence electrons. The summed E-state index contributed by atoms with van der Waals surface area (Å²) in [5, 5.41) is 9.64. The molecule has 1 aromatic heterocycles. The Bertz CT molecular complexity index is 209. The van der Waals surface area contributed by atoms with E-state index < -0.39 is 6.10 Å². The molecule has 1 aromatic rings. The van der Waals surface area contributed by atoms with E-state index in [-0.39, 0.29) is 0 Å². The number of hydrogen-bond donors (Lipinski definition) is 1. The number of ether oxygens (including phenoxy) is 1. The molecule has 0 unspecified atom stereocenters. The van der Waals surface area contributed by atoms with Crippen LogP contribution in [0, 0.1) is 0 Å². The minimum absolute atomic E-state index is 0.443. The summed E-state index contributed by atoms with van der Waals surface area (Å²) in [4.78, 5) is 4.72. The zero-order valence-electron chi connectivity index (χ0n) is 5.87. The van der Waals surface area contributed by atoms with Crippen molar-refractivity contribution in [3.05, 3.63) is 11.1 Å². The molecule has 3 nitrogen and oxygen atoms in total. The second kappa shape index (κ2) is 2.98. The molecule has 0 aliphatic carbocycles. The molecule has 0 saturated carbocycles. The second-order valence-corrected chi connectivity index (χ2v) is 2.93. The third-order valence-corrected chi connectivity index (χ3v) is 2.22. The fraction of sp³-hybridized carbons (Fsp3) is 0.500. The lowest BCUT2D eigenvalue weighted by Gasteiger charge is -1.94. The molecule has 1 heterocycles. The Balaban J connectivity index is 2.78. The number of thiazole rings is 1. The van der Waals surface area contributed by atoms with Crippen LogP contribution in [0.5, 0.6) is 5.19 Å². The number of methoxy groups -OCH3 is 1. The van der Waals surface area contributed by atoms with Gasteiger partial charge in [-0.25, -0.2) is 4.98 Å². The highest BCUT2D eigenvalue weighted by Gasteiger charge is 2.05. The summed E-state index contributed by atoms with van der Waals surface area (Å²) < 4.78 is 4.84. The van der Waals surface area contributed by atoms with Crippen molar-refractivity contribution < 1.29 is 9.84 Å². The van der Waals surface area contributed by atoms with Gasteiger partial charge in [0.05, 0.1) is 18.1 Å². The standard InChI is InChI=1S/C6H9NO2S/c1-4(8)5-3-7-6(9-2)10-5/h3-4,8H,1-2H3/t4-/m0/s1. The summed E-state index contributed by atoms with van der Waals surface area (Å²) >= 11 is 1.36. The van der Waals surface area contributed by atoms with Crippen molar-refractivity contribution >= 4 is 11.3 Å². The normalized spacial score (nSPS) is 13.1. The van der Waals surface area contributed by atoms with Crippen molar-refractivity contribution in [1.29, 1.82) is 0 Å². The van der Waals surface area contributed by atoms with Gasteiger partial charge >= 0.3 is 0 Å². The second-order valence-electron chi connectivity index (χ2n) is 1.91. The Kier molecular flexibility index (Phi) is 2.24. The highest BCUT2D eigenvalue weighted by molar-refractivity contribution is 7.13. The number of aliphatic hydroxyl groups excluding tert-OH is 1. The molecule has 1 atom stereocenters. The molecule has 0 radical (unpaired) electrons. The van der Waals surface area contributed by atoms with E-state index in [9.17, 15) is 0 Å². The van der Waals surface area contributed by atoms with Gasteiger partial charge in [0.2, 0.25) is 0 Å². The molecule has 0 fully saturated rings. The molecule has 0 saturated heterocycles. The van der Waals surface area contributed by atoms with Crippen LogP contribution in [0.1, 0.15) is 17.9 Å². The van der Waals surface area contributed by atoms with E-state index in [1.165, 1.54) is 11.3 Å². The first-order valence-corrected chi connectivity index (χ1v) is 3.73. The van der Waals surface area contributed by atoms with E-state index in [4.69, 9.17) is 9.84 Å². The van der Waals surface area contributed by atoms with Crippen molar-refractivity contribution in [1.82, 2.24) is 4.98 Å². The minimum Gasteiger partial charge on any atom is -0.473 e. The fourth-order valence-corrected chi connectivity index (χ4v) is 1.22. The van der Waals surface area contributed by atoms with Gasteiger partial charge in [-0.3, -0.25) is 0 Å². The highest BCUT2D eigenvalue weighted by atomic mass is 32.1. The summed E-state index contributed by atoms with van der Waals surface area (Å²) in [6.07, 6.45) is 1.18. The molecule has 1 N–H and O–H groups in total. The molecule has 0 aliphatic heterocycles. The lowest BCUT2D eigenvalue weighted by atomic mass is 10.4. The van der Waals surface area contributed by atoms with Gasteiger partial charge in [-0.2, -0.15) is 0 Å². The summed E-state index contributed by atoms with van der Waals surface area (Å²) in [7, 11) is 1.56. The van der Waals surface area contributed by atoms with Crippen LogP contribution in [0.2, 0.25) is 0 Å². The lowest BCUT2D eigenvalue weighted by Crippen LogP contribution is -1.83. The van der Waals surface area contributed by atoms with Crippen molar-refractivity contribution in [3.63, 3.8) is 0 Å². The number of nitrogens with zero attached hydrogens (tertiary/aromatic N) is 1. The van der Waals surface area contributed by atoms with Gasteiger partial charge < -0.3 is 9.84 Å². The number of aromatic nitrogens is 1. The van der Waals surface area contributed by atoms with Gasteiger partial charge in [-0.05, 0) is 6.92 Å². The monoisotopic (exact) mass is 159 g/mol. The maximum absolute atomic E-state index is 9.05. The van der Waals surface area contributed by atoms with Gasteiger partial charge in [0, 0.05) is 6.20 Å². The van der Waals surface area contributed by atoms with Gasteiger partial charge in [-0.1, -0.05) is 11.3 Å². The Morgan fingerprint density at radius 3 is 2.80 bits per heavy atom. The van der Waals surface area contributed by atoms with Crippen molar-refractivity contribution in [2.24, 2.45) is 0 Å². The molecule has 0 aromatic carbocycles. The quantitative estimate of drug-likeness (QED) is 0.705. The molecule has 0 spiro atoms. The molecule has 10 heavy (non-hydrogen) atoms. The van der Waals surface area contributed by atoms with Gasteiger partial charge in [0.15, 0.2) is 0 Å². The highest BCUT2D eigenvalue weighted by Crippen LogP contribution is 2.24. The zero-order valence-corrected chi connectivity index (χ0v) is 6.68. The molecule has 0 aliphatic rings. The van der Waals surface area contributed by atoms with Crippen LogP contribution in [0.3, 0.4) is 0 Å². The van der Waals surface area contributed by atoms with E-state index in [2.05, 4.69) is 4.98 Å². The number of hydrogen-bond acceptors (Lipinski definition) is 4. The Morgan fingerprint density at radius 2 is 2.50 bits per heavy atom. The van der Waals surface area contributed by atoms with Crippen LogP contribution in [0.4, 0.5) is 0 Å². The summed E-state index contributed by atoms with van der Waals surface area (Å²) in [6.45, 7) is 1.70. The zero-order chi connectivity index (χ0) is 7.56. The Hall–Kier alpha value is -0.610. The van der Waals surface area contributed by atoms with Crippen molar-refractivity contribution in [2.75, 3.05) is 7.11 Å².